The molecule has 0 aliphatic heterocycles. The zero-order valence-corrected chi connectivity index (χ0v) is 16.1. The van der Waals surface area contributed by atoms with Crippen LogP contribution < -0.4 is 15.6 Å². The topological polar surface area (TPSA) is 125 Å². The summed E-state index contributed by atoms with van der Waals surface area (Å²) in [7, 11) is 0. The van der Waals surface area contributed by atoms with Crippen LogP contribution in [0.4, 0.5) is 0 Å². The lowest BCUT2D eigenvalue weighted by Crippen LogP contribution is -2.41. The molecule has 3 heterocycles. The number of rotatable bonds is 7. The Balaban J connectivity index is 1.32. The molecule has 0 spiro atoms. The summed E-state index contributed by atoms with van der Waals surface area (Å²) in [6.45, 7) is 1.63. The Morgan fingerprint density at radius 3 is 2.93 bits per heavy atom. The Morgan fingerprint density at radius 2 is 2.10 bits per heavy atom. The summed E-state index contributed by atoms with van der Waals surface area (Å²) >= 11 is 1.48. The quantitative estimate of drug-likeness (QED) is 0.484. The van der Waals surface area contributed by atoms with Crippen LogP contribution in [0.25, 0.3) is 21.7 Å². The van der Waals surface area contributed by atoms with Crippen molar-refractivity contribution in [1.29, 1.82) is 0 Å². The van der Waals surface area contributed by atoms with E-state index in [0.29, 0.717) is 16.8 Å². The van der Waals surface area contributed by atoms with Crippen molar-refractivity contribution in [1.82, 2.24) is 30.5 Å². The minimum absolute atomic E-state index is 0.0196. The van der Waals surface area contributed by atoms with E-state index in [4.69, 9.17) is 9.15 Å². The number of nitrogens with one attached hydrogen (secondary N) is 1. The number of thiophene rings is 1. The van der Waals surface area contributed by atoms with Gasteiger partial charge in [-0.2, -0.15) is 0 Å². The molecule has 0 bridgehead atoms. The number of hydrogen-bond donors (Lipinski definition) is 1. The third-order valence-electron chi connectivity index (χ3n) is 3.93. The van der Waals surface area contributed by atoms with Gasteiger partial charge in [0.15, 0.2) is 0 Å². The molecule has 11 heteroatoms. The lowest BCUT2D eigenvalue weighted by molar-refractivity contribution is -0.122. The molecule has 1 amide bonds. The van der Waals surface area contributed by atoms with Gasteiger partial charge >= 0.3 is 6.08 Å². The van der Waals surface area contributed by atoms with Crippen LogP contribution in [0.15, 0.2) is 51.0 Å². The second kappa shape index (κ2) is 8.19. The smallest absolute Gasteiger partial charge is 0.415 e. The molecule has 0 aliphatic rings. The van der Waals surface area contributed by atoms with Gasteiger partial charge in [-0.05, 0) is 30.5 Å². The largest absolute Gasteiger partial charge is 0.447 e. The lowest BCUT2D eigenvalue weighted by Gasteiger charge is -2.13. The summed E-state index contributed by atoms with van der Waals surface area (Å²) in [5.74, 6) is -0.0153. The standard InChI is InChI=1S/C18H16N6O4S/c1-11(10-27-18-22-21-16(28-18)14-7-4-8-29-14)19-15(25)9-24-17(26)12-5-2-3-6-13(12)20-23-24/h2-8,11H,9-10H2,1H3,(H,19,25)/t11-/m1/s1. The van der Waals surface area contributed by atoms with Crippen LogP contribution in [-0.2, 0) is 11.3 Å². The fraction of sp³-hybridized carbons (Fsp3) is 0.222. The van der Waals surface area contributed by atoms with E-state index in [1.165, 1.54) is 11.3 Å². The maximum absolute atomic E-state index is 12.4. The predicted octanol–water partition coefficient (Wildman–Crippen LogP) is 1.49. The average Bonchev–Trinajstić information content (AvgIpc) is 3.40. The zero-order chi connectivity index (χ0) is 20.2. The minimum Gasteiger partial charge on any atom is -0.447 e. The maximum Gasteiger partial charge on any atom is 0.415 e. The first-order chi connectivity index (χ1) is 14.1. The highest BCUT2D eigenvalue weighted by atomic mass is 32.1. The number of ether oxygens (including phenoxy) is 1. The lowest BCUT2D eigenvalue weighted by atomic mass is 10.2. The van der Waals surface area contributed by atoms with Crippen LogP contribution in [0, 0.1) is 0 Å². The summed E-state index contributed by atoms with van der Waals surface area (Å²) in [6, 6.07) is 10.2. The van der Waals surface area contributed by atoms with Crippen molar-refractivity contribution < 1.29 is 13.9 Å². The van der Waals surface area contributed by atoms with Crippen molar-refractivity contribution in [3.05, 3.63) is 52.1 Å². The summed E-state index contributed by atoms with van der Waals surface area (Å²) in [5, 5.41) is 20.5. The number of amides is 1. The van der Waals surface area contributed by atoms with E-state index in [1.807, 2.05) is 17.5 Å². The Kier molecular flexibility index (Phi) is 5.29. The first kappa shape index (κ1) is 18.7. The Bertz CT molecular complexity index is 1190. The molecule has 0 aliphatic carbocycles. The number of nitrogens with zero attached hydrogens (tertiary/aromatic N) is 5. The number of hydrogen-bond acceptors (Lipinski definition) is 9. The van der Waals surface area contributed by atoms with Gasteiger partial charge < -0.3 is 14.5 Å². The van der Waals surface area contributed by atoms with Gasteiger partial charge in [-0.1, -0.05) is 28.5 Å². The Labute approximate surface area is 168 Å². The van der Waals surface area contributed by atoms with Crippen LogP contribution in [0.2, 0.25) is 0 Å². The van der Waals surface area contributed by atoms with Crippen LogP contribution in [0.1, 0.15) is 6.92 Å². The Hall–Kier alpha value is -3.60. The summed E-state index contributed by atoms with van der Waals surface area (Å²) in [4.78, 5) is 25.5. The molecule has 3 aromatic heterocycles. The summed E-state index contributed by atoms with van der Waals surface area (Å²) < 4.78 is 11.9. The predicted molar refractivity (Wildman–Crippen MR) is 105 cm³/mol. The molecule has 1 aromatic carbocycles. The molecule has 0 fully saturated rings. The van der Waals surface area contributed by atoms with Crippen molar-refractivity contribution in [3.63, 3.8) is 0 Å². The highest BCUT2D eigenvalue weighted by molar-refractivity contribution is 7.13. The normalized spacial score (nSPS) is 12.0. The zero-order valence-electron chi connectivity index (χ0n) is 15.3. The van der Waals surface area contributed by atoms with E-state index in [0.717, 1.165) is 9.56 Å². The van der Waals surface area contributed by atoms with Crippen molar-refractivity contribution >= 4 is 28.1 Å². The molecule has 1 N–H and O–H groups in total. The molecule has 4 rings (SSSR count). The average molecular weight is 412 g/mol. The summed E-state index contributed by atoms with van der Waals surface area (Å²) in [5.41, 5.74) is 0.110. The number of fused-ring (bicyclic) bond motifs is 1. The van der Waals surface area contributed by atoms with Gasteiger partial charge in [-0.15, -0.1) is 21.5 Å². The first-order valence-electron chi connectivity index (χ1n) is 8.72. The number of carbonyl (C=O) groups excluding carboxylic acids is 1. The minimum atomic E-state index is -0.391. The van der Waals surface area contributed by atoms with Crippen LogP contribution in [0.3, 0.4) is 0 Å². The number of aromatic nitrogens is 5. The maximum atomic E-state index is 12.4. The molecule has 4 aromatic rings. The van der Waals surface area contributed by atoms with E-state index in [-0.39, 0.29) is 30.8 Å². The van der Waals surface area contributed by atoms with Gasteiger partial charge in [0.1, 0.15) is 18.7 Å². The van der Waals surface area contributed by atoms with Gasteiger partial charge in [0, 0.05) is 0 Å². The monoisotopic (exact) mass is 412 g/mol. The molecule has 29 heavy (non-hydrogen) atoms. The fourth-order valence-electron chi connectivity index (χ4n) is 2.59. The number of carbonyl (C=O) groups is 1. The van der Waals surface area contributed by atoms with Crippen LogP contribution in [0.5, 0.6) is 6.08 Å². The molecular formula is C18H16N6O4S. The molecule has 148 valence electrons. The van der Waals surface area contributed by atoms with Crippen LogP contribution in [-0.4, -0.2) is 43.7 Å². The second-order valence-corrected chi connectivity index (χ2v) is 7.15. The van der Waals surface area contributed by atoms with Crippen molar-refractivity contribution in [2.45, 2.75) is 19.5 Å². The molecule has 0 saturated carbocycles. The van der Waals surface area contributed by atoms with Gasteiger partial charge in [-0.3, -0.25) is 9.59 Å². The SMILES string of the molecule is C[C@H](COc1nnc(-c2cccs2)o1)NC(=O)Cn1nnc2ccccc2c1=O. The number of benzene rings is 1. The highest BCUT2D eigenvalue weighted by Crippen LogP contribution is 2.25. The van der Waals surface area contributed by atoms with E-state index in [2.05, 4.69) is 25.8 Å². The molecular weight excluding hydrogens is 396 g/mol. The third-order valence-corrected chi connectivity index (χ3v) is 4.78. The molecule has 10 nitrogen and oxygen atoms in total. The van der Waals surface area contributed by atoms with Crippen LogP contribution >= 0.6 is 11.3 Å². The third kappa shape index (κ3) is 4.29. The Morgan fingerprint density at radius 1 is 1.24 bits per heavy atom. The summed E-state index contributed by atoms with van der Waals surface area (Å²) in [6.07, 6.45) is 0.0196. The van der Waals surface area contributed by atoms with E-state index >= 15 is 0 Å². The molecule has 0 radical (unpaired) electrons. The van der Waals surface area contributed by atoms with Gasteiger partial charge in [0.05, 0.1) is 16.3 Å². The van der Waals surface area contributed by atoms with Crippen molar-refractivity contribution in [2.24, 2.45) is 0 Å². The second-order valence-electron chi connectivity index (χ2n) is 6.20. The van der Waals surface area contributed by atoms with Crippen molar-refractivity contribution in [3.8, 4) is 16.8 Å². The van der Waals surface area contributed by atoms with Gasteiger partial charge in [0.25, 0.3) is 11.4 Å². The van der Waals surface area contributed by atoms with Gasteiger partial charge in [-0.25, -0.2) is 4.68 Å². The first-order valence-corrected chi connectivity index (χ1v) is 9.60. The van der Waals surface area contributed by atoms with E-state index in [1.54, 1.807) is 31.2 Å². The molecule has 1 atom stereocenters. The molecule has 0 saturated heterocycles. The van der Waals surface area contributed by atoms with E-state index in [9.17, 15) is 9.59 Å². The molecule has 0 unspecified atom stereocenters. The van der Waals surface area contributed by atoms with E-state index < -0.39 is 5.91 Å². The van der Waals surface area contributed by atoms with Gasteiger partial charge in [0.2, 0.25) is 5.91 Å². The van der Waals surface area contributed by atoms with Crippen molar-refractivity contribution in [2.75, 3.05) is 6.61 Å². The highest BCUT2D eigenvalue weighted by Gasteiger charge is 2.15. The fourth-order valence-corrected chi connectivity index (χ4v) is 3.23.